The zero-order valence-corrected chi connectivity index (χ0v) is 20.8. The van der Waals surface area contributed by atoms with Crippen LogP contribution in [0.2, 0.25) is 0 Å². The maximum Gasteiger partial charge on any atom is 0.309 e. The molecule has 8 heteroatoms. The second-order valence-electron chi connectivity index (χ2n) is 8.70. The number of ether oxygens (including phenoxy) is 1. The molecule has 0 unspecified atom stereocenters. The molecular formula is C29H27N3O5. The minimum absolute atomic E-state index is 0.0977. The first-order valence-corrected chi connectivity index (χ1v) is 11.7. The van der Waals surface area contributed by atoms with Crippen molar-refractivity contribution < 1.29 is 23.9 Å². The van der Waals surface area contributed by atoms with Gasteiger partial charge in [0.1, 0.15) is 0 Å². The highest BCUT2D eigenvalue weighted by atomic mass is 16.5. The summed E-state index contributed by atoms with van der Waals surface area (Å²) in [7, 11) is 1.35. The molecule has 3 N–H and O–H groups in total. The first-order valence-electron chi connectivity index (χ1n) is 11.7. The molecule has 37 heavy (non-hydrogen) atoms. The molecule has 0 bridgehead atoms. The normalized spacial score (nSPS) is 13.3. The highest BCUT2D eigenvalue weighted by Crippen LogP contribution is 2.38. The van der Waals surface area contributed by atoms with E-state index in [4.69, 9.17) is 4.74 Å². The number of carbonyl (C=O) groups is 4. The van der Waals surface area contributed by atoms with Gasteiger partial charge in [-0.05, 0) is 53.9 Å². The Morgan fingerprint density at radius 2 is 1.51 bits per heavy atom. The average molecular weight is 498 g/mol. The number of methoxy groups -OCH3 is 1. The van der Waals surface area contributed by atoms with Crippen LogP contribution in [0.1, 0.15) is 46.5 Å². The predicted molar refractivity (Wildman–Crippen MR) is 142 cm³/mol. The molecule has 188 valence electrons. The van der Waals surface area contributed by atoms with Gasteiger partial charge in [0.15, 0.2) is 5.78 Å². The number of esters is 1. The average Bonchev–Trinajstić information content (AvgIpc) is 3.22. The van der Waals surface area contributed by atoms with Crippen LogP contribution >= 0.6 is 0 Å². The van der Waals surface area contributed by atoms with E-state index >= 15 is 0 Å². The Morgan fingerprint density at radius 1 is 0.865 bits per heavy atom. The van der Waals surface area contributed by atoms with Crippen molar-refractivity contribution >= 4 is 46.2 Å². The van der Waals surface area contributed by atoms with Crippen molar-refractivity contribution in [2.45, 2.75) is 26.8 Å². The van der Waals surface area contributed by atoms with Gasteiger partial charge >= 0.3 is 5.97 Å². The summed E-state index contributed by atoms with van der Waals surface area (Å²) in [4.78, 5) is 48.1. The standard InChI is InChI=1S/C29H27N3O5/c1-17(33)22-10-13-25-24(15-22)27(29(36)32-25)28(21-8-4-20(5-9-21)16-30-18(2)34)31-23-11-6-19(7-12-23)14-26(35)37-3/h4-13,15,31H,14,16H2,1-3H3,(H,30,34)(H,32,36)/b28-27-. The second kappa shape index (κ2) is 10.9. The van der Waals surface area contributed by atoms with E-state index in [-0.39, 0.29) is 30.0 Å². The lowest BCUT2D eigenvalue weighted by atomic mass is 9.97. The number of rotatable bonds is 8. The summed E-state index contributed by atoms with van der Waals surface area (Å²) < 4.78 is 4.73. The Bertz CT molecular complexity index is 1410. The van der Waals surface area contributed by atoms with Crippen molar-refractivity contribution in [1.29, 1.82) is 0 Å². The third-order valence-corrected chi connectivity index (χ3v) is 6.00. The third-order valence-electron chi connectivity index (χ3n) is 6.00. The van der Waals surface area contributed by atoms with Gasteiger partial charge in [-0.25, -0.2) is 0 Å². The number of hydrogen-bond acceptors (Lipinski definition) is 6. The van der Waals surface area contributed by atoms with Gasteiger partial charge < -0.3 is 20.7 Å². The summed E-state index contributed by atoms with van der Waals surface area (Å²) in [5.74, 6) is -0.838. The van der Waals surface area contributed by atoms with Crippen LogP contribution in [-0.2, 0) is 32.1 Å². The van der Waals surface area contributed by atoms with Crippen LogP contribution in [0.4, 0.5) is 11.4 Å². The molecule has 2 amide bonds. The zero-order chi connectivity index (χ0) is 26.5. The number of fused-ring (bicyclic) bond motifs is 1. The smallest absolute Gasteiger partial charge is 0.309 e. The summed E-state index contributed by atoms with van der Waals surface area (Å²) in [6.07, 6.45) is 0.157. The zero-order valence-electron chi connectivity index (χ0n) is 20.8. The minimum Gasteiger partial charge on any atom is -0.469 e. The van der Waals surface area contributed by atoms with Crippen molar-refractivity contribution in [3.63, 3.8) is 0 Å². The van der Waals surface area contributed by atoms with Crippen molar-refractivity contribution in [2.24, 2.45) is 0 Å². The number of benzene rings is 3. The van der Waals surface area contributed by atoms with E-state index in [1.54, 1.807) is 18.2 Å². The molecular weight excluding hydrogens is 470 g/mol. The predicted octanol–water partition coefficient (Wildman–Crippen LogP) is 4.17. The molecule has 0 fully saturated rings. The summed E-state index contributed by atoms with van der Waals surface area (Å²) in [6, 6.07) is 19.9. The van der Waals surface area contributed by atoms with E-state index in [1.165, 1.54) is 21.0 Å². The fourth-order valence-corrected chi connectivity index (χ4v) is 4.02. The molecule has 3 aromatic rings. The summed E-state index contributed by atoms with van der Waals surface area (Å²) in [5.41, 5.74) is 5.89. The van der Waals surface area contributed by atoms with Crippen LogP contribution < -0.4 is 16.0 Å². The molecule has 1 aliphatic heterocycles. The largest absolute Gasteiger partial charge is 0.469 e. The molecule has 0 saturated heterocycles. The molecule has 8 nitrogen and oxygen atoms in total. The molecule has 4 rings (SSSR count). The number of Topliss-reactive ketones (excluding diaryl/α,β-unsaturated/α-hetero) is 1. The van der Waals surface area contributed by atoms with Crippen molar-refractivity contribution in [3.8, 4) is 0 Å². The molecule has 0 spiro atoms. The van der Waals surface area contributed by atoms with Crippen molar-refractivity contribution in [1.82, 2.24) is 5.32 Å². The highest BCUT2D eigenvalue weighted by molar-refractivity contribution is 6.37. The van der Waals surface area contributed by atoms with Gasteiger partial charge in [-0.3, -0.25) is 19.2 Å². The highest BCUT2D eigenvalue weighted by Gasteiger charge is 2.29. The second-order valence-corrected chi connectivity index (χ2v) is 8.70. The van der Waals surface area contributed by atoms with Crippen LogP contribution in [-0.4, -0.2) is 30.7 Å². The Balaban J connectivity index is 1.77. The van der Waals surface area contributed by atoms with E-state index in [0.717, 1.165) is 16.7 Å². The lowest BCUT2D eigenvalue weighted by Crippen LogP contribution is -2.18. The molecule has 0 aliphatic carbocycles. The molecule has 1 aliphatic rings. The van der Waals surface area contributed by atoms with Crippen molar-refractivity contribution in [2.75, 3.05) is 17.7 Å². The first-order chi connectivity index (χ1) is 17.7. The first kappa shape index (κ1) is 25.4. The van der Waals surface area contributed by atoms with E-state index < -0.39 is 0 Å². The number of amides is 2. The Morgan fingerprint density at radius 3 is 2.14 bits per heavy atom. The summed E-state index contributed by atoms with van der Waals surface area (Å²) in [6.45, 7) is 3.34. The number of hydrogen-bond donors (Lipinski definition) is 3. The van der Waals surface area contributed by atoms with Gasteiger partial charge in [-0.15, -0.1) is 0 Å². The van der Waals surface area contributed by atoms with Crippen LogP contribution in [0, 0.1) is 0 Å². The fraction of sp³-hybridized carbons (Fsp3) is 0.172. The molecule has 0 radical (unpaired) electrons. The van der Waals surface area contributed by atoms with Crippen molar-refractivity contribution in [3.05, 3.63) is 94.5 Å². The lowest BCUT2D eigenvalue weighted by Gasteiger charge is -2.16. The van der Waals surface area contributed by atoms with Crippen LogP contribution in [0.15, 0.2) is 66.7 Å². The number of ketones is 1. The van der Waals surface area contributed by atoms with E-state index in [9.17, 15) is 19.2 Å². The molecule has 0 aromatic heterocycles. The van der Waals surface area contributed by atoms with Gasteiger partial charge in [0, 0.05) is 36.0 Å². The number of carbonyl (C=O) groups excluding carboxylic acids is 4. The van der Waals surface area contributed by atoms with E-state index in [2.05, 4.69) is 16.0 Å². The summed E-state index contributed by atoms with van der Waals surface area (Å²) >= 11 is 0. The molecule has 1 heterocycles. The minimum atomic E-state index is -0.330. The maximum absolute atomic E-state index is 13.2. The Hall–Kier alpha value is -4.72. The lowest BCUT2D eigenvalue weighted by molar-refractivity contribution is -0.139. The summed E-state index contributed by atoms with van der Waals surface area (Å²) in [5, 5.41) is 9.02. The molecule has 0 saturated carbocycles. The van der Waals surface area contributed by atoms with Gasteiger partial charge in [0.25, 0.3) is 5.91 Å². The van der Waals surface area contributed by atoms with E-state index in [1.807, 2.05) is 48.5 Å². The SMILES string of the molecule is COC(=O)Cc1ccc(N/C(=C2\C(=O)Nc3ccc(C(C)=O)cc32)c2ccc(CNC(C)=O)cc2)cc1. The molecule has 0 atom stereocenters. The van der Waals surface area contributed by atoms with Gasteiger partial charge in [0.05, 0.1) is 24.8 Å². The maximum atomic E-state index is 13.2. The van der Waals surface area contributed by atoms with Crippen LogP contribution in [0.5, 0.6) is 0 Å². The monoisotopic (exact) mass is 497 g/mol. The topological polar surface area (TPSA) is 114 Å². The Kier molecular flexibility index (Phi) is 7.48. The van der Waals surface area contributed by atoms with Gasteiger partial charge in [-0.2, -0.15) is 0 Å². The number of anilines is 2. The number of nitrogens with one attached hydrogen (secondary N) is 3. The quantitative estimate of drug-likeness (QED) is 0.245. The van der Waals surface area contributed by atoms with Gasteiger partial charge in [-0.1, -0.05) is 36.4 Å². The fourth-order valence-electron chi connectivity index (χ4n) is 4.02. The van der Waals surface area contributed by atoms with Gasteiger partial charge in [0.2, 0.25) is 5.91 Å². The molecule has 3 aromatic carbocycles. The van der Waals surface area contributed by atoms with Crippen LogP contribution in [0.25, 0.3) is 11.3 Å². The Labute approximate surface area is 214 Å². The third kappa shape index (κ3) is 5.92. The van der Waals surface area contributed by atoms with Crippen LogP contribution in [0.3, 0.4) is 0 Å². The van der Waals surface area contributed by atoms with E-state index in [0.29, 0.717) is 40.3 Å².